The third kappa shape index (κ3) is 8.55. The van der Waals surface area contributed by atoms with Crippen molar-refractivity contribution in [2.24, 2.45) is 0 Å². The van der Waals surface area contributed by atoms with Gasteiger partial charge in [-0.15, -0.1) is 0 Å². The molecule has 12 heteroatoms. The van der Waals surface area contributed by atoms with Crippen molar-refractivity contribution in [1.29, 1.82) is 0 Å². The number of amides is 2. The average molecular weight is 651 g/mol. The molecular formula is C31H37Cl2N3O6S. The summed E-state index contributed by atoms with van der Waals surface area (Å²) in [5.74, 6) is -0.409. The quantitative estimate of drug-likeness (QED) is 0.220. The number of hydrogen-bond acceptors (Lipinski definition) is 6. The van der Waals surface area contributed by atoms with Crippen LogP contribution in [0.5, 0.6) is 11.5 Å². The Labute approximate surface area is 263 Å². The zero-order valence-corrected chi connectivity index (χ0v) is 27.2. The van der Waals surface area contributed by atoms with Crippen molar-refractivity contribution < 1.29 is 27.5 Å². The van der Waals surface area contributed by atoms with Crippen LogP contribution in [0, 0.1) is 6.92 Å². The first kappa shape index (κ1) is 34.0. The van der Waals surface area contributed by atoms with Crippen LogP contribution >= 0.6 is 23.2 Å². The Morgan fingerprint density at radius 3 is 2.26 bits per heavy atom. The topological polar surface area (TPSA) is 105 Å². The molecule has 0 bridgehead atoms. The number of rotatable bonds is 14. The van der Waals surface area contributed by atoms with E-state index in [1.807, 2.05) is 13.8 Å². The monoisotopic (exact) mass is 649 g/mol. The molecule has 0 radical (unpaired) electrons. The van der Waals surface area contributed by atoms with Crippen LogP contribution in [0.3, 0.4) is 0 Å². The van der Waals surface area contributed by atoms with Gasteiger partial charge in [0, 0.05) is 19.2 Å². The number of halogens is 2. The highest BCUT2D eigenvalue weighted by Gasteiger charge is 2.34. The van der Waals surface area contributed by atoms with Crippen LogP contribution in [0.1, 0.15) is 37.8 Å². The fraction of sp³-hybridized carbons (Fsp3) is 0.355. The number of methoxy groups -OCH3 is 2. The van der Waals surface area contributed by atoms with Crippen molar-refractivity contribution in [3.8, 4) is 11.5 Å². The second kappa shape index (κ2) is 15.3. The van der Waals surface area contributed by atoms with Crippen molar-refractivity contribution in [1.82, 2.24) is 10.2 Å². The van der Waals surface area contributed by atoms with Gasteiger partial charge in [0.25, 0.3) is 10.0 Å². The summed E-state index contributed by atoms with van der Waals surface area (Å²) >= 11 is 12.3. The Bertz CT molecular complexity index is 1530. The first-order valence-electron chi connectivity index (χ1n) is 13.8. The highest BCUT2D eigenvalue weighted by Crippen LogP contribution is 2.36. The van der Waals surface area contributed by atoms with E-state index in [-0.39, 0.29) is 33.8 Å². The summed E-state index contributed by atoms with van der Waals surface area (Å²) in [6.45, 7) is 5.24. The summed E-state index contributed by atoms with van der Waals surface area (Å²) in [4.78, 5) is 28.6. The number of unbranched alkanes of at least 4 members (excludes halogenated alkanes) is 1. The zero-order valence-electron chi connectivity index (χ0n) is 24.9. The molecule has 43 heavy (non-hydrogen) atoms. The van der Waals surface area contributed by atoms with E-state index in [9.17, 15) is 18.0 Å². The molecule has 2 amide bonds. The minimum absolute atomic E-state index is 0.0165. The molecule has 0 aliphatic heterocycles. The zero-order chi connectivity index (χ0) is 31.7. The standard InChI is InChI=1S/C31H37Cl2N3O6S/c1-6-7-16-34-31(38)22(3)35(19-23-10-14-26(32)27(33)17-23)30(37)20-36(28-18-24(41-4)11-15-29(28)42-5)43(39,40)25-12-8-21(2)9-13-25/h8-15,17-18,22H,6-7,16,19-20H2,1-5H3,(H,34,38)/t22-/m1/s1. The Balaban J connectivity index is 2.10. The van der Waals surface area contributed by atoms with E-state index in [0.717, 1.165) is 22.7 Å². The van der Waals surface area contributed by atoms with E-state index < -0.39 is 28.5 Å². The molecule has 9 nitrogen and oxygen atoms in total. The van der Waals surface area contributed by atoms with Gasteiger partial charge in [0.1, 0.15) is 24.1 Å². The number of nitrogens with zero attached hydrogens (tertiary/aromatic N) is 2. The number of sulfonamides is 1. The van der Waals surface area contributed by atoms with Crippen LogP contribution < -0.4 is 19.1 Å². The molecule has 1 N–H and O–H groups in total. The Morgan fingerprint density at radius 1 is 0.953 bits per heavy atom. The summed E-state index contributed by atoms with van der Waals surface area (Å²) in [6.07, 6.45) is 1.66. The van der Waals surface area contributed by atoms with Crippen LogP contribution in [-0.2, 0) is 26.2 Å². The van der Waals surface area contributed by atoms with Crippen molar-refractivity contribution in [2.75, 3.05) is 31.6 Å². The lowest BCUT2D eigenvalue weighted by atomic mass is 10.1. The second-order valence-corrected chi connectivity index (χ2v) is 12.6. The van der Waals surface area contributed by atoms with Gasteiger partial charge in [0.05, 0.1) is 34.8 Å². The molecule has 232 valence electrons. The predicted octanol–water partition coefficient (Wildman–Crippen LogP) is 5.85. The fourth-order valence-electron chi connectivity index (χ4n) is 4.30. The number of hydrogen-bond donors (Lipinski definition) is 1. The average Bonchev–Trinajstić information content (AvgIpc) is 2.99. The molecule has 3 aromatic carbocycles. The Hall–Kier alpha value is -3.47. The summed E-state index contributed by atoms with van der Waals surface area (Å²) in [5, 5.41) is 3.49. The van der Waals surface area contributed by atoms with Crippen LogP contribution in [0.25, 0.3) is 0 Å². The van der Waals surface area contributed by atoms with Gasteiger partial charge >= 0.3 is 0 Å². The Kier molecular flexibility index (Phi) is 12.1. The third-order valence-electron chi connectivity index (χ3n) is 6.88. The number of carbonyl (C=O) groups is 2. The lowest BCUT2D eigenvalue weighted by Crippen LogP contribution is -2.51. The third-order valence-corrected chi connectivity index (χ3v) is 9.39. The number of carbonyl (C=O) groups excluding carboxylic acids is 2. The fourth-order valence-corrected chi connectivity index (χ4v) is 6.03. The number of anilines is 1. The van der Waals surface area contributed by atoms with Gasteiger partial charge in [-0.1, -0.05) is 60.3 Å². The molecule has 3 rings (SSSR count). The SMILES string of the molecule is CCCCNC(=O)[C@@H](C)N(Cc1ccc(Cl)c(Cl)c1)C(=O)CN(c1cc(OC)ccc1OC)S(=O)(=O)c1ccc(C)cc1. The molecule has 0 aliphatic carbocycles. The summed E-state index contributed by atoms with van der Waals surface area (Å²) in [7, 11) is -1.44. The van der Waals surface area contributed by atoms with Crippen LogP contribution in [-0.4, -0.2) is 58.5 Å². The lowest BCUT2D eigenvalue weighted by molar-refractivity contribution is -0.139. The molecule has 0 fully saturated rings. The number of ether oxygens (including phenoxy) is 2. The number of nitrogens with one attached hydrogen (secondary N) is 1. The van der Waals surface area contributed by atoms with E-state index in [1.165, 1.54) is 37.3 Å². The second-order valence-electron chi connectivity index (χ2n) is 9.95. The molecule has 0 aromatic heterocycles. The maximum atomic E-state index is 14.2. The van der Waals surface area contributed by atoms with E-state index in [2.05, 4.69) is 5.32 Å². The normalized spacial score (nSPS) is 11.9. The lowest BCUT2D eigenvalue weighted by Gasteiger charge is -2.32. The van der Waals surface area contributed by atoms with Gasteiger partial charge in [-0.05, 0) is 62.2 Å². The largest absolute Gasteiger partial charge is 0.497 e. The molecule has 1 atom stereocenters. The van der Waals surface area contributed by atoms with Crippen LogP contribution in [0.2, 0.25) is 10.0 Å². The molecular weight excluding hydrogens is 613 g/mol. The highest BCUT2D eigenvalue weighted by molar-refractivity contribution is 7.92. The van der Waals surface area contributed by atoms with E-state index >= 15 is 0 Å². The van der Waals surface area contributed by atoms with Crippen LogP contribution in [0.15, 0.2) is 65.6 Å². The summed E-state index contributed by atoms with van der Waals surface area (Å²) < 4.78 is 40.1. The summed E-state index contributed by atoms with van der Waals surface area (Å²) in [5.41, 5.74) is 1.59. The minimum atomic E-state index is -4.29. The van der Waals surface area contributed by atoms with Gasteiger partial charge < -0.3 is 19.7 Å². The first-order chi connectivity index (χ1) is 20.4. The molecule has 0 saturated heterocycles. The van der Waals surface area contributed by atoms with Gasteiger partial charge in [-0.25, -0.2) is 8.42 Å². The molecule has 0 saturated carbocycles. The van der Waals surface area contributed by atoms with Gasteiger partial charge in [-0.3, -0.25) is 13.9 Å². The van der Waals surface area contributed by atoms with E-state index in [1.54, 1.807) is 49.4 Å². The Morgan fingerprint density at radius 2 is 1.65 bits per heavy atom. The predicted molar refractivity (Wildman–Crippen MR) is 170 cm³/mol. The van der Waals surface area contributed by atoms with E-state index in [0.29, 0.717) is 22.9 Å². The molecule has 0 heterocycles. The smallest absolute Gasteiger partial charge is 0.264 e. The first-order valence-corrected chi connectivity index (χ1v) is 15.9. The maximum absolute atomic E-state index is 14.2. The molecule has 0 spiro atoms. The van der Waals surface area contributed by atoms with Gasteiger partial charge in [-0.2, -0.15) is 0 Å². The van der Waals surface area contributed by atoms with Crippen LogP contribution in [0.4, 0.5) is 5.69 Å². The van der Waals surface area contributed by atoms with Gasteiger partial charge in [0.15, 0.2) is 0 Å². The highest BCUT2D eigenvalue weighted by atomic mass is 35.5. The minimum Gasteiger partial charge on any atom is -0.497 e. The summed E-state index contributed by atoms with van der Waals surface area (Å²) in [6, 6.07) is 15.0. The molecule has 3 aromatic rings. The number of benzene rings is 3. The van der Waals surface area contributed by atoms with Gasteiger partial charge in [0.2, 0.25) is 11.8 Å². The molecule has 0 unspecified atom stereocenters. The van der Waals surface area contributed by atoms with E-state index in [4.69, 9.17) is 32.7 Å². The van der Waals surface area contributed by atoms with Crippen molar-refractivity contribution in [3.05, 3.63) is 81.8 Å². The van der Waals surface area contributed by atoms with Crippen molar-refractivity contribution in [3.63, 3.8) is 0 Å². The molecule has 0 aliphatic rings. The number of aryl methyl sites for hydroxylation is 1. The maximum Gasteiger partial charge on any atom is 0.264 e. The van der Waals surface area contributed by atoms with Crippen molar-refractivity contribution >= 4 is 50.7 Å². The van der Waals surface area contributed by atoms with Crippen molar-refractivity contribution in [2.45, 2.75) is 51.1 Å².